The first-order valence-electron chi connectivity index (χ1n) is 14.4. The number of thiophene rings is 1. The molecule has 1 N–H and O–H groups in total. The minimum absolute atomic E-state index is 0.299. The topological polar surface area (TPSA) is 43.8 Å². The van der Waals surface area contributed by atoms with Gasteiger partial charge in [0.15, 0.2) is 0 Å². The van der Waals surface area contributed by atoms with Crippen molar-refractivity contribution >= 4 is 17.3 Å². The van der Waals surface area contributed by atoms with E-state index in [-0.39, 0.29) is 6.04 Å². The molecule has 5 heteroatoms. The molecule has 1 aromatic heterocycles. The zero-order chi connectivity index (χ0) is 24.7. The molecule has 36 heavy (non-hydrogen) atoms. The highest BCUT2D eigenvalue weighted by atomic mass is 32.1. The van der Waals surface area contributed by atoms with Gasteiger partial charge in [0.25, 0.3) is 0 Å². The summed E-state index contributed by atoms with van der Waals surface area (Å²) in [6, 6.07) is 12.9. The third kappa shape index (κ3) is 6.59. The molecule has 2 aromatic rings. The number of likely N-dealkylation sites (tertiary alicyclic amines) is 2. The van der Waals surface area contributed by atoms with Gasteiger partial charge < -0.3 is 10.0 Å². The predicted molar refractivity (Wildman–Crippen MR) is 149 cm³/mol. The van der Waals surface area contributed by atoms with Crippen molar-refractivity contribution in [1.29, 1.82) is 0 Å². The summed E-state index contributed by atoms with van der Waals surface area (Å²) in [6.45, 7) is 5.36. The summed E-state index contributed by atoms with van der Waals surface area (Å²) in [7, 11) is 0. The van der Waals surface area contributed by atoms with Crippen LogP contribution >= 0.6 is 11.3 Å². The Balaban J connectivity index is 1.15. The summed E-state index contributed by atoms with van der Waals surface area (Å²) in [6.07, 6.45) is 12.3. The number of carboxylic acid groups (broad SMARTS) is 1. The van der Waals surface area contributed by atoms with Crippen LogP contribution in [-0.2, 0) is 11.2 Å². The van der Waals surface area contributed by atoms with E-state index in [2.05, 4.69) is 57.0 Å². The lowest BCUT2D eigenvalue weighted by Crippen LogP contribution is -2.46. The van der Waals surface area contributed by atoms with E-state index in [1.54, 1.807) is 11.3 Å². The van der Waals surface area contributed by atoms with Crippen molar-refractivity contribution in [2.24, 2.45) is 17.8 Å². The highest BCUT2D eigenvalue weighted by molar-refractivity contribution is 7.08. The van der Waals surface area contributed by atoms with Crippen LogP contribution in [0.25, 0.3) is 0 Å². The Morgan fingerprint density at radius 3 is 2.47 bits per heavy atom. The average Bonchev–Trinajstić information content (AvgIpc) is 3.57. The van der Waals surface area contributed by atoms with Crippen LogP contribution in [0.4, 0.5) is 0 Å². The smallest absolute Gasteiger partial charge is 0.321 e. The second kappa shape index (κ2) is 12.7. The average molecular weight is 509 g/mol. The zero-order valence-corrected chi connectivity index (χ0v) is 22.6. The van der Waals surface area contributed by atoms with Gasteiger partial charge in [-0.05, 0) is 97.3 Å². The number of aliphatic carboxylic acids is 1. The number of hydrogen-bond acceptors (Lipinski definition) is 4. The van der Waals surface area contributed by atoms with Gasteiger partial charge in [-0.15, -0.1) is 0 Å². The predicted octanol–water partition coefficient (Wildman–Crippen LogP) is 6.53. The number of rotatable bonds is 10. The molecule has 3 aliphatic rings. The molecule has 196 valence electrons. The van der Waals surface area contributed by atoms with E-state index in [9.17, 15) is 9.90 Å². The standard InChI is InChI=1S/C31H44N2O2S/c34-31(35)30(26-12-5-2-6-13-26)33-21-28(29(22-33)27-16-19-36-23-27)20-32-17-14-25(15-18-32)11-7-10-24-8-3-1-4-9-24/h1,3-4,8-9,16,19,23,25-26,28-30H,2,5-7,10-15,17-18,20-22H2,(H,34,35)/t28-,29+,30-/m1/s1. The van der Waals surface area contributed by atoms with Gasteiger partial charge in [-0.25, -0.2) is 0 Å². The fourth-order valence-corrected chi connectivity index (χ4v) is 8.04. The molecular formula is C31H44N2O2S. The SMILES string of the molecule is O=C(O)[C@@H](C1CCCCC1)N1C[C@@H](CN2CCC(CCCc3ccccc3)CC2)[C@H](c2ccsc2)C1. The molecule has 3 heterocycles. The molecule has 3 fully saturated rings. The third-order valence-corrected chi connectivity index (χ3v) is 10.0. The molecular weight excluding hydrogens is 464 g/mol. The molecule has 0 amide bonds. The van der Waals surface area contributed by atoms with Crippen molar-refractivity contribution < 1.29 is 9.90 Å². The number of carbonyl (C=O) groups is 1. The lowest BCUT2D eigenvalue weighted by atomic mass is 9.83. The summed E-state index contributed by atoms with van der Waals surface area (Å²) >= 11 is 1.78. The van der Waals surface area contributed by atoms with E-state index in [1.165, 1.54) is 75.6 Å². The maximum absolute atomic E-state index is 12.4. The van der Waals surface area contributed by atoms with E-state index in [0.717, 1.165) is 38.4 Å². The van der Waals surface area contributed by atoms with Crippen LogP contribution in [0.3, 0.4) is 0 Å². The first-order valence-corrected chi connectivity index (χ1v) is 15.4. The molecule has 0 unspecified atom stereocenters. The van der Waals surface area contributed by atoms with Crippen molar-refractivity contribution in [1.82, 2.24) is 9.80 Å². The van der Waals surface area contributed by atoms with Crippen LogP contribution in [0.15, 0.2) is 47.2 Å². The van der Waals surface area contributed by atoms with Gasteiger partial charge in [0, 0.05) is 25.6 Å². The Hall–Kier alpha value is -1.69. The van der Waals surface area contributed by atoms with E-state index < -0.39 is 5.97 Å². The number of carboxylic acids is 1. The van der Waals surface area contributed by atoms with Crippen LogP contribution < -0.4 is 0 Å². The van der Waals surface area contributed by atoms with Crippen LogP contribution in [0.1, 0.15) is 74.8 Å². The zero-order valence-electron chi connectivity index (χ0n) is 21.8. The Labute approximate surface area is 221 Å². The van der Waals surface area contributed by atoms with Crippen molar-refractivity contribution in [3.05, 3.63) is 58.3 Å². The maximum atomic E-state index is 12.4. The van der Waals surface area contributed by atoms with Crippen molar-refractivity contribution in [3.8, 4) is 0 Å². The van der Waals surface area contributed by atoms with Crippen molar-refractivity contribution in [2.45, 2.75) is 76.2 Å². The molecule has 1 aromatic carbocycles. The Bertz CT molecular complexity index is 919. The molecule has 2 saturated heterocycles. The van der Waals surface area contributed by atoms with Gasteiger partial charge in [-0.3, -0.25) is 9.69 Å². The molecule has 5 rings (SSSR count). The number of piperidine rings is 1. The quantitative estimate of drug-likeness (QED) is 0.396. The highest BCUT2D eigenvalue weighted by Crippen LogP contribution is 2.39. The molecule has 4 nitrogen and oxygen atoms in total. The fourth-order valence-electron chi connectivity index (χ4n) is 7.32. The van der Waals surface area contributed by atoms with Gasteiger partial charge >= 0.3 is 5.97 Å². The Kier molecular flexibility index (Phi) is 9.16. The summed E-state index contributed by atoms with van der Waals surface area (Å²) in [4.78, 5) is 17.5. The third-order valence-electron chi connectivity index (χ3n) is 9.30. The van der Waals surface area contributed by atoms with Crippen molar-refractivity contribution in [2.75, 3.05) is 32.7 Å². The number of nitrogens with zero attached hydrogens (tertiary/aromatic N) is 2. The summed E-state index contributed by atoms with van der Waals surface area (Å²) in [5, 5.41) is 14.7. The van der Waals surface area contributed by atoms with Gasteiger partial charge in [0.1, 0.15) is 6.04 Å². The van der Waals surface area contributed by atoms with Gasteiger partial charge in [0.05, 0.1) is 0 Å². The molecule has 3 atom stereocenters. The van der Waals surface area contributed by atoms with Crippen LogP contribution in [0.5, 0.6) is 0 Å². The number of hydrogen-bond donors (Lipinski definition) is 1. The maximum Gasteiger partial charge on any atom is 0.321 e. The lowest BCUT2D eigenvalue weighted by molar-refractivity contribution is -0.145. The Morgan fingerprint density at radius 1 is 1.00 bits per heavy atom. The molecule has 1 saturated carbocycles. The molecule has 0 spiro atoms. The minimum atomic E-state index is -0.595. The van der Waals surface area contributed by atoms with E-state index >= 15 is 0 Å². The normalized spacial score (nSPS) is 25.8. The van der Waals surface area contributed by atoms with E-state index in [0.29, 0.717) is 17.8 Å². The largest absolute Gasteiger partial charge is 0.480 e. The summed E-state index contributed by atoms with van der Waals surface area (Å²) in [5.74, 6) is 1.58. The second-order valence-corrected chi connectivity index (χ2v) is 12.5. The van der Waals surface area contributed by atoms with Crippen LogP contribution in [0.2, 0.25) is 0 Å². The second-order valence-electron chi connectivity index (χ2n) is 11.7. The summed E-state index contributed by atoms with van der Waals surface area (Å²) < 4.78 is 0. The molecule has 0 bridgehead atoms. The highest BCUT2D eigenvalue weighted by Gasteiger charge is 2.43. The molecule has 2 aliphatic heterocycles. The van der Waals surface area contributed by atoms with E-state index in [4.69, 9.17) is 0 Å². The monoisotopic (exact) mass is 508 g/mol. The minimum Gasteiger partial charge on any atom is -0.480 e. The van der Waals surface area contributed by atoms with Gasteiger partial charge in [-0.1, -0.05) is 56.0 Å². The summed E-state index contributed by atoms with van der Waals surface area (Å²) in [5.41, 5.74) is 2.89. The molecule has 1 aliphatic carbocycles. The first kappa shape index (κ1) is 25.9. The Morgan fingerprint density at radius 2 is 1.78 bits per heavy atom. The van der Waals surface area contributed by atoms with Crippen LogP contribution in [0, 0.1) is 17.8 Å². The van der Waals surface area contributed by atoms with Crippen molar-refractivity contribution in [3.63, 3.8) is 0 Å². The van der Waals surface area contributed by atoms with Gasteiger partial charge in [-0.2, -0.15) is 11.3 Å². The van der Waals surface area contributed by atoms with Gasteiger partial charge in [0.2, 0.25) is 0 Å². The number of aryl methyl sites for hydroxylation is 1. The lowest BCUT2D eigenvalue weighted by Gasteiger charge is -2.35. The fraction of sp³-hybridized carbons (Fsp3) is 0.645. The molecule has 0 radical (unpaired) electrons. The number of benzene rings is 1. The van der Waals surface area contributed by atoms with E-state index in [1.807, 2.05) is 0 Å². The van der Waals surface area contributed by atoms with Crippen LogP contribution in [-0.4, -0.2) is 59.6 Å². The first-order chi connectivity index (χ1) is 17.7.